The Labute approximate surface area is 161 Å². The van der Waals surface area contributed by atoms with Gasteiger partial charge in [-0.3, -0.25) is 4.79 Å². The van der Waals surface area contributed by atoms with Gasteiger partial charge in [-0.1, -0.05) is 30.3 Å². The van der Waals surface area contributed by atoms with Gasteiger partial charge in [0.1, 0.15) is 0 Å². The Morgan fingerprint density at radius 1 is 1.15 bits per heavy atom. The number of likely N-dealkylation sites (N-methyl/N-ethyl adjacent to an activating group) is 1. The maximum atomic E-state index is 12.8. The van der Waals surface area contributed by atoms with Crippen molar-refractivity contribution < 1.29 is 19.7 Å². The Hall–Kier alpha value is -1.47. The molecule has 3 atom stereocenters. The zero-order valence-corrected chi connectivity index (χ0v) is 16.2. The van der Waals surface area contributed by atoms with Crippen molar-refractivity contribution in [3.63, 3.8) is 0 Å². The van der Waals surface area contributed by atoms with Crippen LogP contribution in [0.4, 0.5) is 0 Å². The average molecular weight is 376 g/mol. The summed E-state index contributed by atoms with van der Waals surface area (Å²) in [5.41, 5.74) is 1.06. The second-order valence-electron chi connectivity index (χ2n) is 7.86. The first kappa shape index (κ1) is 20.3. The molecule has 0 unspecified atom stereocenters. The molecule has 0 radical (unpaired) electrons. The van der Waals surface area contributed by atoms with E-state index in [-0.39, 0.29) is 18.1 Å². The quantitative estimate of drug-likeness (QED) is 0.785. The van der Waals surface area contributed by atoms with Crippen LogP contribution >= 0.6 is 0 Å². The first-order valence-corrected chi connectivity index (χ1v) is 10.1. The van der Waals surface area contributed by atoms with E-state index in [0.717, 1.165) is 50.9 Å². The Morgan fingerprint density at radius 3 is 2.56 bits per heavy atom. The molecule has 0 bridgehead atoms. The van der Waals surface area contributed by atoms with E-state index in [9.17, 15) is 15.0 Å². The van der Waals surface area contributed by atoms with Gasteiger partial charge in [0, 0.05) is 33.2 Å². The lowest BCUT2D eigenvalue weighted by molar-refractivity contribution is -0.168. The summed E-state index contributed by atoms with van der Waals surface area (Å²) in [5.74, 6) is -0.155. The van der Waals surface area contributed by atoms with Gasteiger partial charge in [-0.2, -0.15) is 0 Å². The summed E-state index contributed by atoms with van der Waals surface area (Å²) in [5, 5.41) is 19.9. The molecule has 0 spiro atoms. The topological polar surface area (TPSA) is 73.2 Å². The predicted molar refractivity (Wildman–Crippen MR) is 103 cm³/mol. The number of rotatable bonds is 6. The van der Waals surface area contributed by atoms with Crippen LogP contribution < -0.4 is 0 Å². The van der Waals surface area contributed by atoms with Crippen LogP contribution in [0.2, 0.25) is 0 Å². The molecule has 2 aliphatic rings. The van der Waals surface area contributed by atoms with Crippen LogP contribution in [-0.2, 0) is 16.1 Å². The molecule has 1 aromatic rings. The van der Waals surface area contributed by atoms with Crippen molar-refractivity contribution in [1.82, 2.24) is 9.80 Å². The number of aliphatic hydroxyl groups excluding tert-OH is 2. The number of carbonyl (C=O) groups is 1. The van der Waals surface area contributed by atoms with Gasteiger partial charge in [-0.15, -0.1) is 0 Å². The molecule has 2 N–H and O–H groups in total. The van der Waals surface area contributed by atoms with Gasteiger partial charge < -0.3 is 24.7 Å². The number of ether oxygens (including phenoxy) is 1. The van der Waals surface area contributed by atoms with Gasteiger partial charge in [0.05, 0.1) is 18.3 Å². The molecule has 1 amide bonds. The van der Waals surface area contributed by atoms with Gasteiger partial charge in [0.15, 0.2) is 6.10 Å². The minimum absolute atomic E-state index is 0.000625. The second kappa shape index (κ2) is 9.64. The number of amides is 1. The summed E-state index contributed by atoms with van der Waals surface area (Å²) in [6, 6.07) is 9.83. The highest BCUT2D eigenvalue weighted by Gasteiger charge is 2.36. The average Bonchev–Trinajstić information content (AvgIpc) is 2.69. The van der Waals surface area contributed by atoms with E-state index < -0.39 is 12.2 Å². The first-order chi connectivity index (χ1) is 13.0. The van der Waals surface area contributed by atoms with E-state index >= 15 is 0 Å². The van der Waals surface area contributed by atoms with E-state index in [0.29, 0.717) is 13.0 Å². The van der Waals surface area contributed by atoms with Crippen molar-refractivity contribution in [2.45, 2.75) is 63.1 Å². The highest BCUT2D eigenvalue weighted by atomic mass is 16.5. The highest BCUT2D eigenvalue weighted by Crippen LogP contribution is 2.24. The van der Waals surface area contributed by atoms with E-state index in [1.165, 1.54) is 0 Å². The highest BCUT2D eigenvalue weighted by molar-refractivity contribution is 5.81. The fourth-order valence-electron chi connectivity index (χ4n) is 3.93. The molecule has 0 saturated carbocycles. The molecule has 2 saturated heterocycles. The molecule has 3 rings (SSSR count). The molecule has 6 nitrogen and oxygen atoms in total. The summed E-state index contributed by atoms with van der Waals surface area (Å²) in [6.07, 6.45) is 2.21. The molecule has 0 aliphatic carbocycles. The maximum absolute atomic E-state index is 12.8. The van der Waals surface area contributed by atoms with Crippen molar-refractivity contribution in [2.24, 2.45) is 0 Å². The number of benzene rings is 1. The number of nitrogens with zero attached hydrogens (tertiary/aromatic N) is 2. The van der Waals surface area contributed by atoms with Crippen LogP contribution in [0.3, 0.4) is 0 Å². The number of hydrogen-bond donors (Lipinski definition) is 2. The van der Waals surface area contributed by atoms with Crippen molar-refractivity contribution in [3.8, 4) is 0 Å². The van der Waals surface area contributed by atoms with Crippen molar-refractivity contribution >= 4 is 5.91 Å². The van der Waals surface area contributed by atoms with Gasteiger partial charge in [-0.25, -0.2) is 0 Å². The van der Waals surface area contributed by atoms with Gasteiger partial charge in [0.25, 0.3) is 5.91 Å². The molecule has 2 heterocycles. The van der Waals surface area contributed by atoms with Crippen LogP contribution in [0.15, 0.2) is 30.3 Å². The van der Waals surface area contributed by atoms with Gasteiger partial charge in [0.2, 0.25) is 0 Å². The van der Waals surface area contributed by atoms with Crippen molar-refractivity contribution in [3.05, 3.63) is 35.9 Å². The normalized spacial score (nSPS) is 27.4. The number of piperidine rings is 1. The van der Waals surface area contributed by atoms with E-state index in [4.69, 9.17) is 4.74 Å². The lowest BCUT2D eigenvalue weighted by Crippen LogP contribution is -2.49. The molecule has 2 fully saturated rings. The van der Waals surface area contributed by atoms with Crippen LogP contribution in [0.5, 0.6) is 0 Å². The zero-order valence-electron chi connectivity index (χ0n) is 16.2. The number of likely N-dealkylation sites (tertiary alicyclic amines) is 1. The molecule has 1 aromatic carbocycles. The van der Waals surface area contributed by atoms with E-state index in [1.807, 2.05) is 30.3 Å². The Balaban J connectivity index is 1.49. The Bertz CT molecular complexity index is 589. The second-order valence-corrected chi connectivity index (χ2v) is 7.86. The lowest BCUT2D eigenvalue weighted by atomic mass is 9.97. The third-order valence-electron chi connectivity index (χ3n) is 5.68. The first-order valence-electron chi connectivity index (χ1n) is 10.1. The van der Waals surface area contributed by atoms with Gasteiger partial charge >= 0.3 is 0 Å². The molecule has 27 heavy (non-hydrogen) atoms. The monoisotopic (exact) mass is 376 g/mol. The number of carbonyl (C=O) groups excluding carboxylic acids is 1. The largest absolute Gasteiger partial charge is 0.393 e. The van der Waals surface area contributed by atoms with Gasteiger partial charge in [-0.05, 0) is 37.7 Å². The molecule has 6 heteroatoms. The van der Waals surface area contributed by atoms with E-state index in [1.54, 1.807) is 11.9 Å². The number of aliphatic hydroxyl groups is 2. The molecular formula is C21H32N2O4. The van der Waals surface area contributed by atoms with Crippen LogP contribution in [-0.4, -0.2) is 77.0 Å². The van der Waals surface area contributed by atoms with Crippen LogP contribution in [0.1, 0.15) is 37.7 Å². The third-order valence-corrected chi connectivity index (χ3v) is 5.68. The summed E-state index contributed by atoms with van der Waals surface area (Å²) >= 11 is 0. The standard InChI is InChI=1S/C21H32N2O4/c1-22(15-16-5-3-2-4-6-16)21(26)20-19(25)8-7-18(27-20)11-14-23-12-9-17(24)10-13-23/h2-6,17-20,24-25H,7-15H2,1H3/t18-,19-,20-/m0/s1. The summed E-state index contributed by atoms with van der Waals surface area (Å²) in [6.45, 7) is 3.25. The van der Waals surface area contributed by atoms with Crippen molar-refractivity contribution in [2.75, 3.05) is 26.7 Å². The minimum atomic E-state index is -0.777. The summed E-state index contributed by atoms with van der Waals surface area (Å²) in [7, 11) is 1.76. The Kier molecular flexibility index (Phi) is 7.24. The van der Waals surface area contributed by atoms with Crippen molar-refractivity contribution in [1.29, 1.82) is 0 Å². The summed E-state index contributed by atoms with van der Waals surface area (Å²) < 4.78 is 6.01. The maximum Gasteiger partial charge on any atom is 0.254 e. The SMILES string of the molecule is CN(Cc1ccccc1)C(=O)[C@H]1O[C@H](CCN2CCC(O)CC2)CC[C@@H]1O. The molecule has 2 aliphatic heterocycles. The van der Waals surface area contributed by atoms with Crippen LogP contribution in [0, 0.1) is 0 Å². The van der Waals surface area contributed by atoms with Crippen LogP contribution in [0.25, 0.3) is 0 Å². The molecule has 0 aromatic heterocycles. The summed E-state index contributed by atoms with van der Waals surface area (Å²) in [4.78, 5) is 16.8. The third kappa shape index (κ3) is 5.75. The van der Waals surface area contributed by atoms with E-state index in [2.05, 4.69) is 4.90 Å². The molecular weight excluding hydrogens is 344 g/mol. The fraction of sp³-hybridized carbons (Fsp3) is 0.667. The number of hydrogen-bond acceptors (Lipinski definition) is 5. The minimum Gasteiger partial charge on any atom is -0.393 e. The fourth-order valence-corrected chi connectivity index (χ4v) is 3.93. The smallest absolute Gasteiger partial charge is 0.254 e. The lowest BCUT2D eigenvalue weighted by Gasteiger charge is -2.36. The zero-order chi connectivity index (χ0) is 19.2. The molecule has 150 valence electrons. The Morgan fingerprint density at radius 2 is 1.85 bits per heavy atom. The predicted octanol–water partition coefficient (Wildman–Crippen LogP) is 1.40.